The Hall–Kier alpha value is -3.42. The molecule has 0 radical (unpaired) electrons. The van der Waals surface area contributed by atoms with E-state index < -0.39 is 17.3 Å². The third-order valence-corrected chi connectivity index (χ3v) is 8.65. The van der Waals surface area contributed by atoms with E-state index in [1.807, 2.05) is 39.0 Å². The minimum Gasteiger partial charge on any atom is -0.444 e. The van der Waals surface area contributed by atoms with Crippen molar-refractivity contribution in [3.05, 3.63) is 65.0 Å². The molecular weight excluding hydrogens is 545 g/mol. The van der Waals surface area contributed by atoms with Gasteiger partial charge in [0.05, 0.1) is 11.5 Å². The quantitative estimate of drug-likeness (QED) is 0.394. The summed E-state index contributed by atoms with van der Waals surface area (Å²) in [6.45, 7) is 15.3. The molecule has 2 aromatic carbocycles. The molecule has 0 unspecified atom stereocenters. The molecule has 7 nitrogen and oxygen atoms in total. The molecule has 1 N–H and O–H groups in total. The molecule has 0 saturated carbocycles. The molecule has 2 atom stereocenters. The second-order valence-corrected chi connectivity index (χ2v) is 14.2. The molecule has 2 aliphatic heterocycles. The summed E-state index contributed by atoms with van der Waals surface area (Å²) in [6, 6.07) is 12.2. The molecule has 2 heterocycles. The van der Waals surface area contributed by atoms with Crippen molar-refractivity contribution in [2.24, 2.45) is 11.8 Å². The molecule has 0 aromatic heterocycles. The van der Waals surface area contributed by atoms with Crippen molar-refractivity contribution >= 4 is 23.6 Å². The Bertz CT molecular complexity index is 1300. The SMILES string of the molecule is Cc1cccc(F)c1C(=O)N1CCC[C@H](C(=O)Nc2cccc(C(C)(C)C)c2)[C@@H]1CC1CCN(C(=O)OC(C)(C)C)CC1. The highest BCUT2D eigenvalue weighted by Gasteiger charge is 2.41. The molecule has 2 fully saturated rings. The molecule has 2 aliphatic rings. The van der Waals surface area contributed by atoms with Gasteiger partial charge in [0.15, 0.2) is 0 Å². The van der Waals surface area contributed by atoms with Crippen LogP contribution in [0.15, 0.2) is 42.5 Å². The number of hydrogen-bond acceptors (Lipinski definition) is 4. The number of aryl methyl sites for hydroxylation is 1. The van der Waals surface area contributed by atoms with Gasteiger partial charge in [0.1, 0.15) is 11.4 Å². The maximum absolute atomic E-state index is 15.0. The Morgan fingerprint density at radius 3 is 2.26 bits per heavy atom. The van der Waals surface area contributed by atoms with Gasteiger partial charge in [0, 0.05) is 31.4 Å². The lowest BCUT2D eigenvalue weighted by Gasteiger charge is -2.43. The fourth-order valence-corrected chi connectivity index (χ4v) is 6.27. The number of rotatable bonds is 5. The van der Waals surface area contributed by atoms with E-state index in [-0.39, 0.29) is 40.8 Å². The average molecular weight is 594 g/mol. The highest BCUT2D eigenvalue weighted by Crippen LogP contribution is 2.35. The van der Waals surface area contributed by atoms with Crippen LogP contribution in [0.3, 0.4) is 0 Å². The molecule has 2 saturated heterocycles. The maximum atomic E-state index is 15.0. The summed E-state index contributed by atoms with van der Waals surface area (Å²) in [5.41, 5.74) is 1.88. The van der Waals surface area contributed by atoms with Crippen LogP contribution in [0.2, 0.25) is 0 Å². The number of hydrogen-bond donors (Lipinski definition) is 1. The molecule has 2 aromatic rings. The van der Waals surface area contributed by atoms with Crippen LogP contribution in [0.25, 0.3) is 0 Å². The number of carbonyl (C=O) groups is 3. The van der Waals surface area contributed by atoms with Crippen molar-refractivity contribution in [2.75, 3.05) is 25.0 Å². The van der Waals surface area contributed by atoms with E-state index in [4.69, 9.17) is 4.74 Å². The van der Waals surface area contributed by atoms with Crippen LogP contribution in [-0.2, 0) is 14.9 Å². The lowest BCUT2D eigenvalue weighted by atomic mass is 9.79. The lowest BCUT2D eigenvalue weighted by Crippen LogP contribution is -2.53. The Kier molecular flexibility index (Phi) is 9.87. The van der Waals surface area contributed by atoms with Crippen LogP contribution in [0.5, 0.6) is 0 Å². The first-order valence-corrected chi connectivity index (χ1v) is 15.6. The minimum atomic E-state index is -0.561. The van der Waals surface area contributed by atoms with E-state index in [0.29, 0.717) is 44.5 Å². The zero-order chi connectivity index (χ0) is 31.5. The van der Waals surface area contributed by atoms with Gasteiger partial charge in [0.2, 0.25) is 5.91 Å². The summed E-state index contributed by atoms with van der Waals surface area (Å²) in [7, 11) is 0. The van der Waals surface area contributed by atoms with Crippen molar-refractivity contribution in [1.29, 1.82) is 0 Å². The normalized spacial score (nSPS) is 20.1. The maximum Gasteiger partial charge on any atom is 0.410 e. The van der Waals surface area contributed by atoms with Crippen molar-refractivity contribution < 1.29 is 23.5 Å². The fraction of sp³-hybridized carbons (Fsp3) is 0.571. The van der Waals surface area contributed by atoms with Gasteiger partial charge in [-0.25, -0.2) is 9.18 Å². The zero-order valence-electron chi connectivity index (χ0n) is 26.8. The summed E-state index contributed by atoms with van der Waals surface area (Å²) < 4.78 is 20.5. The van der Waals surface area contributed by atoms with Crippen molar-refractivity contribution in [2.45, 2.75) is 97.6 Å². The van der Waals surface area contributed by atoms with Crippen LogP contribution in [0, 0.1) is 24.6 Å². The molecule has 4 rings (SSSR count). The Morgan fingerprint density at radius 1 is 0.953 bits per heavy atom. The van der Waals surface area contributed by atoms with Crippen molar-refractivity contribution in [3.63, 3.8) is 0 Å². The Morgan fingerprint density at radius 2 is 1.63 bits per heavy atom. The lowest BCUT2D eigenvalue weighted by molar-refractivity contribution is -0.123. The molecule has 234 valence electrons. The molecular formula is C35H48FN3O4. The van der Waals surface area contributed by atoms with Gasteiger partial charge in [-0.3, -0.25) is 9.59 Å². The van der Waals surface area contributed by atoms with E-state index in [9.17, 15) is 18.8 Å². The topological polar surface area (TPSA) is 79.0 Å². The van der Waals surface area contributed by atoms with Crippen LogP contribution in [0.1, 0.15) is 95.1 Å². The van der Waals surface area contributed by atoms with Gasteiger partial charge in [-0.05, 0) is 100 Å². The smallest absolute Gasteiger partial charge is 0.410 e. The average Bonchev–Trinajstić information content (AvgIpc) is 2.92. The highest BCUT2D eigenvalue weighted by atomic mass is 19.1. The predicted molar refractivity (Wildman–Crippen MR) is 168 cm³/mol. The van der Waals surface area contributed by atoms with E-state index in [1.165, 1.54) is 6.07 Å². The van der Waals surface area contributed by atoms with E-state index >= 15 is 0 Å². The molecule has 0 bridgehead atoms. The summed E-state index contributed by atoms with van der Waals surface area (Å²) >= 11 is 0. The largest absolute Gasteiger partial charge is 0.444 e. The van der Waals surface area contributed by atoms with E-state index in [1.54, 1.807) is 28.9 Å². The number of nitrogens with zero attached hydrogens (tertiary/aromatic N) is 2. The van der Waals surface area contributed by atoms with E-state index in [0.717, 1.165) is 24.1 Å². The number of benzene rings is 2. The molecule has 0 spiro atoms. The predicted octanol–water partition coefficient (Wildman–Crippen LogP) is 7.33. The van der Waals surface area contributed by atoms with Gasteiger partial charge >= 0.3 is 6.09 Å². The van der Waals surface area contributed by atoms with Gasteiger partial charge < -0.3 is 19.9 Å². The van der Waals surface area contributed by atoms with Gasteiger partial charge in [-0.2, -0.15) is 0 Å². The first-order chi connectivity index (χ1) is 20.1. The number of halogens is 1. The molecule has 3 amide bonds. The summed E-state index contributed by atoms with van der Waals surface area (Å²) in [6.07, 6.45) is 3.10. The highest BCUT2D eigenvalue weighted by molar-refractivity contribution is 5.98. The second kappa shape index (κ2) is 13.1. The molecule has 8 heteroatoms. The zero-order valence-corrected chi connectivity index (χ0v) is 26.8. The molecule has 0 aliphatic carbocycles. The van der Waals surface area contributed by atoms with E-state index in [2.05, 4.69) is 32.2 Å². The standard InChI is InChI=1S/C35H48FN3O4/c1-23-11-8-15-28(36)30(23)32(41)39-18-10-14-27(31(40)37-26-13-9-12-25(22-26)34(2,3)4)29(39)21-24-16-19-38(20-17-24)33(42)43-35(5,6)7/h8-9,11-13,15,22,24,27,29H,10,14,16-21H2,1-7H3,(H,37,40)/t27-,29-/m0/s1. The van der Waals surface area contributed by atoms with Crippen molar-refractivity contribution in [1.82, 2.24) is 9.80 Å². The fourth-order valence-electron chi connectivity index (χ4n) is 6.27. The minimum absolute atomic E-state index is 0.0664. The third-order valence-electron chi connectivity index (χ3n) is 8.65. The van der Waals surface area contributed by atoms with Crippen molar-refractivity contribution in [3.8, 4) is 0 Å². The number of carbonyl (C=O) groups excluding carboxylic acids is 3. The summed E-state index contributed by atoms with van der Waals surface area (Å²) in [5, 5.41) is 3.14. The van der Waals surface area contributed by atoms with Gasteiger partial charge in [-0.1, -0.05) is 45.0 Å². The Balaban J connectivity index is 1.57. The first-order valence-electron chi connectivity index (χ1n) is 15.6. The number of amides is 3. The van der Waals surface area contributed by atoms with Crippen LogP contribution >= 0.6 is 0 Å². The number of likely N-dealkylation sites (tertiary alicyclic amines) is 2. The number of anilines is 1. The number of piperidine rings is 2. The van der Waals surface area contributed by atoms with Crippen LogP contribution in [0.4, 0.5) is 14.9 Å². The van der Waals surface area contributed by atoms with Crippen LogP contribution < -0.4 is 5.32 Å². The summed E-state index contributed by atoms with van der Waals surface area (Å²) in [5.74, 6) is -1.26. The van der Waals surface area contributed by atoms with Gasteiger partial charge in [0.25, 0.3) is 5.91 Å². The number of nitrogens with one attached hydrogen (secondary N) is 1. The monoisotopic (exact) mass is 593 g/mol. The number of ether oxygens (including phenoxy) is 1. The first kappa shape index (κ1) is 32.5. The van der Waals surface area contributed by atoms with Crippen LogP contribution in [-0.4, -0.2) is 59.0 Å². The van der Waals surface area contributed by atoms with Gasteiger partial charge in [-0.15, -0.1) is 0 Å². The Labute approximate surface area is 256 Å². The third kappa shape index (κ3) is 8.15. The molecule has 43 heavy (non-hydrogen) atoms. The second-order valence-electron chi connectivity index (χ2n) is 14.2. The summed E-state index contributed by atoms with van der Waals surface area (Å²) in [4.78, 5) is 43.9.